The molecule has 1 aromatic carbocycles. The fourth-order valence-corrected chi connectivity index (χ4v) is 3.54. The van der Waals surface area contributed by atoms with Crippen LogP contribution in [0.3, 0.4) is 0 Å². The summed E-state index contributed by atoms with van der Waals surface area (Å²) in [5.41, 5.74) is 12.8. The van der Waals surface area contributed by atoms with Crippen LogP contribution in [-0.2, 0) is 17.2 Å². The number of imidazole rings is 1. The van der Waals surface area contributed by atoms with Gasteiger partial charge in [0.15, 0.2) is 11.5 Å². The Labute approximate surface area is 151 Å². The number of anilines is 1. The zero-order valence-electron chi connectivity index (χ0n) is 14.2. The highest BCUT2D eigenvalue weighted by Gasteiger charge is 2.15. The predicted octanol–water partition coefficient (Wildman–Crippen LogP) is 0.999. The van der Waals surface area contributed by atoms with Gasteiger partial charge >= 0.3 is 5.69 Å². The minimum atomic E-state index is -0.886. The average molecular weight is 373 g/mol. The highest BCUT2D eigenvalue weighted by Crippen LogP contribution is 2.17. The molecule has 3 aromatic rings. The molecule has 0 aliphatic carbocycles. The van der Waals surface area contributed by atoms with E-state index in [1.54, 1.807) is 24.3 Å². The quantitative estimate of drug-likeness (QED) is 0.474. The summed E-state index contributed by atoms with van der Waals surface area (Å²) in [4.78, 5) is 34.8. The van der Waals surface area contributed by atoms with Gasteiger partial charge in [-0.15, -0.1) is 0 Å². The fraction of sp³-hybridized carbons (Fsp3) is 0.250. The third-order valence-electron chi connectivity index (χ3n) is 3.84. The van der Waals surface area contributed by atoms with E-state index in [0.29, 0.717) is 27.6 Å². The van der Waals surface area contributed by atoms with Crippen molar-refractivity contribution < 1.29 is 4.79 Å². The number of amides is 1. The zero-order valence-corrected chi connectivity index (χ0v) is 15.0. The van der Waals surface area contributed by atoms with Crippen molar-refractivity contribution in [2.75, 3.05) is 11.5 Å². The van der Waals surface area contributed by atoms with Gasteiger partial charge in [0.25, 0.3) is 0 Å². The molecule has 0 saturated heterocycles. The summed E-state index contributed by atoms with van der Waals surface area (Å²) < 4.78 is 9.60. The second-order valence-electron chi connectivity index (χ2n) is 5.76. The summed E-state index contributed by atoms with van der Waals surface area (Å²) in [7, 11) is -0.886. The highest BCUT2D eigenvalue weighted by atomic mass is 32.2. The van der Waals surface area contributed by atoms with E-state index in [-0.39, 0.29) is 18.1 Å². The molecule has 0 fully saturated rings. The van der Waals surface area contributed by atoms with Gasteiger partial charge in [-0.1, -0.05) is 19.1 Å². The molecule has 136 valence electrons. The summed E-state index contributed by atoms with van der Waals surface area (Å²) in [6.07, 6.45) is 0.833. The molecule has 26 heavy (non-hydrogen) atoms. The number of benzene rings is 1. The number of hydrogen-bond donors (Lipinski definition) is 4. The van der Waals surface area contributed by atoms with Crippen LogP contribution in [0.1, 0.15) is 29.3 Å². The van der Waals surface area contributed by atoms with Gasteiger partial charge in [-0.2, -0.15) is 0 Å². The Bertz CT molecular complexity index is 1050. The molecular weight excluding hydrogens is 354 g/mol. The van der Waals surface area contributed by atoms with Gasteiger partial charge in [-0.3, -0.25) is 14.1 Å². The lowest BCUT2D eigenvalue weighted by Crippen LogP contribution is -2.18. The molecule has 1 amide bonds. The molecule has 0 aliphatic heterocycles. The number of H-pyrrole nitrogens is 1. The first-order valence-corrected chi connectivity index (χ1v) is 9.37. The lowest BCUT2D eigenvalue weighted by atomic mass is 10.1. The standard InChI is InChI=1S/C16H19N7O2S/c1-2-7-26(19)15-21-12(17)11-14(22-15)23(16(25)20-11)8-9-3-5-10(6-4-9)13(18)24/h3-6,19H,2,7-8H2,1H3,(H2,18,24)(H,20,25)(H2,17,21,22). The number of rotatable bonds is 6. The fourth-order valence-electron chi connectivity index (χ4n) is 2.54. The summed E-state index contributed by atoms with van der Waals surface area (Å²) in [6.45, 7) is 2.23. The van der Waals surface area contributed by atoms with Crippen molar-refractivity contribution in [3.05, 3.63) is 45.9 Å². The van der Waals surface area contributed by atoms with Gasteiger partial charge in [0.05, 0.1) is 6.54 Å². The molecule has 3 rings (SSSR count). The van der Waals surface area contributed by atoms with Crippen LogP contribution in [0, 0.1) is 4.78 Å². The zero-order chi connectivity index (χ0) is 18.8. The lowest BCUT2D eigenvalue weighted by Gasteiger charge is -2.07. The number of nitrogens with two attached hydrogens (primary N) is 2. The minimum Gasteiger partial charge on any atom is -0.382 e. The molecule has 1 atom stereocenters. The van der Waals surface area contributed by atoms with Crippen molar-refractivity contribution in [3.8, 4) is 0 Å². The van der Waals surface area contributed by atoms with Crippen molar-refractivity contribution in [2.24, 2.45) is 5.73 Å². The van der Waals surface area contributed by atoms with Crippen molar-refractivity contribution in [3.63, 3.8) is 0 Å². The van der Waals surface area contributed by atoms with Crippen LogP contribution in [0.15, 0.2) is 34.2 Å². The van der Waals surface area contributed by atoms with Crippen LogP contribution in [0.25, 0.3) is 11.2 Å². The third-order valence-corrected chi connectivity index (χ3v) is 5.28. The number of aromatic amines is 1. The molecule has 0 spiro atoms. The SMILES string of the molecule is CCCS(=N)c1nc(N)c2[nH]c(=O)n(Cc3ccc(C(N)=O)cc3)c2n1. The van der Waals surface area contributed by atoms with Crippen LogP contribution in [0.2, 0.25) is 0 Å². The highest BCUT2D eigenvalue weighted by molar-refractivity contribution is 7.85. The Morgan fingerprint density at radius 1 is 1.31 bits per heavy atom. The van der Waals surface area contributed by atoms with Gasteiger partial charge in [-0.25, -0.2) is 14.8 Å². The van der Waals surface area contributed by atoms with E-state index in [2.05, 4.69) is 15.0 Å². The monoisotopic (exact) mass is 373 g/mol. The smallest absolute Gasteiger partial charge is 0.328 e. The molecule has 0 saturated carbocycles. The Kier molecular flexibility index (Phi) is 4.85. The number of fused-ring (bicyclic) bond motifs is 1. The van der Waals surface area contributed by atoms with E-state index in [0.717, 1.165) is 12.0 Å². The normalized spacial score (nSPS) is 12.3. The number of hydrogen-bond acceptors (Lipinski definition) is 6. The number of nitrogen functional groups attached to an aromatic ring is 1. The third kappa shape index (κ3) is 3.36. The van der Waals surface area contributed by atoms with Crippen LogP contribution >= 0.6 is 0 Å². The van der Waals surface area contributed by atoms with Gasteiger partial charge in [0.2, 0.25) is 11.1 Å². The Morgan fingerprint density at radius 3 is 2.62 bits per heavy atom. The molecule has 2 aromatic heterocycles. The second kappa shape index (κ2) is 7.08. The van der Waals surface area contributed by atoms with E-state index in [4.69, 9.17) is 16.2 Å². The maximum atomic E-state index is 12.3. The number of aromatic nitrogens is 4. The largest absolute Gasteiger partial charge is 0.382 e. The topological polar surface area (TPSA) is 157 Å². The minimum absolute atomic E-state index is 0.158. The van der Waals surface area contributed by atoms with Crippen LogP contribution < -0.4 is 17.2 Å². The van der Waals surface area contributed by atoms with Crippen molar-refractivity contribution >= 4 is 33.6 Å². The summed E-state index contributed by atoms with van der Waals surface area (Å²) in [5.74, 6) is 0.281. The van der Waals surface area contributed by atoms with Crippen molar-refractivity contribution in [2.45, 2.75) is 25.0 Å². The van der Waals surface area contributed by atoms with Crippen LogP contribution in [0.4, 0.5) is 5.82 Å². The summed E-state index contributed by atoms with van der Waals surface area (Å²) in [6, 6.07) is 6.66. The molecule has 2 heterocycles. The number of nitrogens with zero attached hydrogens (tertiary/aromatic N) is 3. The van der Waals surface area contributed by atoms with E-state index < -0.39 is 16.6 Å². The lowest BCUT2D eigenvalue weighted by molar-refractivity contribution is 0.100. The maximum absolute atomic E-state index is 12.3. The van der Waals surface area contributed by atoms with E-state index in [1.165, 1.54) is 4.57 Å². The molecule has 9 nitrogen and oxygen atoms in total. The molecule has 10 heteroatoms. The Balaban J connectivity index is 2.04. The first kappa shape index (κ1) is 17.8. The van der Waals surface area contributed by atoms with E-state index in [9.17, 15) is 9.59 Å². The van der Waals surface area contributed by atoms with Gasteiger partial charge in [0.1, 0.15) is 5.52 Å². The first-order valence-electron chi connectivity index (χ1n) is 7.97. The van der Waals surface area contributed by atoms with E-state index >= 15 is 0 Å². The van der Waals surface area contributed by atoms with Crippen LogP contribution in [0.5, 0.6) is 0 Å². The van der Waals surface area contributed by atoms with Crippen molar-refractivity contribution in [1.29, 1.82) is 4.78 Å². The molecular formula is C16H19N7O2S. The molecule has 0 bridgehead atoms. The van der Waals surface area contributed by atoms with E-state index in [1.807, 2.05) is 6.92 Å². The van der Waals surface area contributed by atoms with Gasteiger partial charge in [-0.05, 0) is 34.8 Å². The summed E-state index contributed by atoms with van der Waals surface area (Å²) >= 11 is 0. The first-order chi connectivity index (χ1) is 12.4. The molecule has 1 unspecified atom stereocenters. The molecule has 0 radical (unpaired) electrons. The Hall–Kier alpha value is -3.01. The van der Waals surface area contributed by atoms with Gasteiger partial charge < -0.3 is 16.5 Å². The number of nitrogens with one attached hydrogen (secondary N) is 2. The average Bonchev–Trinajstić information content (AvgIpc) is 2.92. The van der Waals surface area contributed by atoms with Gasteiger partial charge in [0, 0.05) is 11.3 Å². The van der Waals surface area contributed by atoms with Crippen molar-refractivity contribution in [1.82, 2.24) is 19.5 Å². The van der Waals surface area contributed by atoms with Crippen LogP contribution in [-0.4, -0.2) is 31.2 Å². The number of carbonyl (C=O) groups is 1. The second-order valence-corrected chi connectivity index (χ2v) is 7.32. The Morgan fingerprint density at radius 2 is 2.00 bits per heavy atom. The molecule has 0 aliphatic rings. The maximum Gasteiger partial charge on any atom is 0.328 e. The number of primary amides is 1. The summed E-state index contributed by atoms with van der Waals surface area (Å²) in [5, 5.41) is 0.327. The predicted molar refractivity (Wildman–Crippen MR) is 100 cm³/mol. The number of carbonyl (C=O) groups excluding carboxylic acids is 1. The molecule has 6 N–H and O–H groups in total.